The number of fused-ring (bicyclic) bond motifs is 1. The maximum atomic E-state index is 12.9. The highest BCUT2D eigenvalue weighted by atomic mass is 19.4. The zero-order chi connectivity index (χ0) is 14.9. The molecule has 0 aromatic carbocycles. The van der Waals surface area contributed by atoms with Crippen LogP contribution in [-0.2, 0) is 22.1 Å². The van der Waals surface area contributed by atoms with E-state index in [1.807, 2.05) is 0 Å². The number of hydrogen-bond acceptors (Lipinski definition) is 4. The number of rotatable bonds is 3. The van der Waals surface area contributed by atoms with Crippen LogP contribution in [0.15, 0.2) is 18.3 Å². The summed E-state index contributed by atoms with van der Waals surface area (Å²) in [5, 5.41) is 0. The van der Waals surface area contributed by atoms with Crippen LogP contribution in [-0.4, -0.2) is 22.0 Å². The van der Waals surface area contributed by atoms with Crippen molar-refractivity contribution >= 4 is 17.4 Å². The van der Waals surface area contributed by atoms with E-state index in [2.05, 4.69) is 4.98 Å². The number of hydrogen-bond donors (Lipinski definition) is 1. The topological polar surface area (TPSA) is 69.6 Å². The number of anilines is 1. The van der Waals surface area contributed by atoms with Gasteiger partial charge in [-0.05, 0) is 19.1 Å². The van der Waals surface area contributed by atoms with Gasteiger partial charge in [0.05, 0.1) is 24.3 Å². The van der Waals surface area contributed by atoms with Gasteiger partial charge in [-0.15, -0.1) is 0 Å². The number of esters is 1. The van der Waals surface area contributed by atoms with Crippen LogP contribution in [0.4, 0.5) is 19.0 Å². The van der Waals surface area contributed by atoms with Crippen LogP contribution in [0.1, 0.15) is 18.2 Å². The van der Waals surface area contributed by atoms with Crippen LogP contribution >= 0.6 is 0 Å². The molecule has 0 atom stereocenters. The van der Waals surface area contributed by atoms with E-state index in [-0.39, 0.29) is 30.2 Å². The van der Waals surface area contributed by atoms with Gasteiger partial charge in [0.15, 0.2) is 5.65 Å². The van der Waals surface area contributed by atoms with E-state index in [1.165, 1.54) is 12.3 Å². The van der Waals surface area contributed by atoms with Crippen molar-refractivity contribution in [2.24, 2.45) is 0 Å². The summed E-state index contributed by atoms with van der Waals surface area (Å²) in [5.74, 6) is -0.588. The lowest BCUT2D eigenvalue weighted by Gasteiger charge is -2.07. The largest absolute Gasteiger partial charge is 0.466 e. The summed E-state index contributed by atoms with van der Waals surface area (Å²) in [5.41, 5.74) is 4.57. The van der Waals surface area contributed by atoms with Gasteiger partial charge in [-0.3, -0.25) is 9.20 Å². The minimum Gasteiger partial charge on any atom is -0.466 e. The second-order valence-electron chi connectivity index (χ2n) is 4.04. The first kappa shape index (κ1) is 14.2. The standard InChI is InChI=1S/C12H12F3N3O2/c1-2-20-9(19)6-8-10(16)18-5-3-4-7(11(18)17-8)12(13,14)15/h3-5H,2,6,16H2,1H3. The van der Waals surface area contributed by atoms with E-state index >= 15 is 0 Å². The molecule has 0 aliphatic carbocycles. The lowest BCUT2D eigenvalue weighted by atomic mass is 10.2. The molecule has 20 heavy (non-hydrogen) atoms. The minimum absolute atomic E-state index is 0.000784. The lowest BCUT2D eigenvalue weighted by Crippen LogP contribution is -2.09. The highest BCUT2D eigenvalue weighted by molar-refractivity contribution is 5.74. The molecule has 5 nitrogen and oxygen atoms in total. The first-order valence-corrected chi connectivity index (χ1v) is 5.82. The third-order valence-electron chi connectivity index (χ3n) is 2.69. The number of imidazole rings is 1. The molecule has 8 heteroatoms. The lowest BCUT2D eigenvalue weighted by molar-refractivity contribution is -0.142. The van der Waals surface area contributed by atoms with Gasteiger partial charge in [-0.2, -0.15) is 13.2 Å². The number of nitrogens with zero attached hydrogens (tertiary/aromatic N) is 2. The summed E-state index contributed by atoms with van der Waals surface area (Å²) in [6, 6.07) is 2.14. The highest BCUT2D eigenvalue weighted by Gasteiger charge is 2.34. The van der Waals surface area contributed by atoms with Crippen molar-refractivity contribution in [1.29, 1.82) is 0 Å². The van der Waals surface area contributed by atoms with Gasteiger partial charge in [0.25, 0.3) is 0 Å². The van der Waals surface area contributed by atoms with Crippen molar-refractivity contribution in [3.8, 4) is 0 Å². The Morgan fingerprint density at radius 3 is 2.80 bits per heavy atom. The Morgan fingerprint density at radius 1 is 1.50 bits per heavy atom. The van der Waals surface area contributed by atoms with Crippen LogP contribution in [0.2, 0.25) is 0 Å². The molecule has 0 unspecified atom stereocenters. The Balaban J connectivity index is 2.50. The molecule has 0 bridgehead atoms. The second kappa shape index (κ2) is 5.03. The summed E-state index contributed by atoms with van der Waals surface area (Å²) >= 11 is 0. The summed E-state index contributed by atoms with van der Waals surface area (Å²) in [7, 11) is 0. The first-order chi connectivity index (χ1) is 9.34. The number of nitrogen functional groups attached to an aromatic ring is 1. The Hall–Kier alpha value is -2.25. The van der Waals surface area contributed by atoms with E-state index in [9.17, 15) is 18.0 Å². The van der Waals surface area contributed by atoms with Crippen molar-refractivity contribution in [2.75, 3.05) is 12.3 Å². The van der Waals surface area contributed by atoms with Gasteiger partial charge in [0.2, 0.25) is 0 Å². The molecule has 0 saturated heterocycles. The van der Waals surface area contributed by atoms with Gasteiger partial charge in [0.1, 0.15) is 5.82 Å². The summed E-state index contributed by atoms with van der Waals surface area (Å²) in [6.07, 6.45) is -3.44. The Kier molecular flexibility index (Phi) is 3.56. The maximum Gasteiger partial charge on any atom is 0.419 e. The molecular formula is C12H12F3N3O2. The number of alkyl halides is 3. The van der Waals surface area contributed by atoms with E-state index in [4.69, 9.17) is 10.5 Å². The number of pyridine rings is 1. The molecule has 2 aromatic rings. The molecule has 2 aromatic heterocycles. The van der Waals surface area contributed by atoms with Crippen LogP contribution < -0.4 is 5.73 Å². The van der Waals surface area contributed by atoms with Crippen LogP contribution in [0.3, 0.4) is 0 Å². The average molecular weight is 287 g/mol. The van der Waals surface area contributed by atoms with Crippen molar-refractivity contribution in [1.82, 2.24) is 9.38 Å². The van der Waals surface area contributed by atoms with Gasteiger partial charge < -0.3 is 10.5 Å². The third-order valence-corrected chi connectivity index (χ3v) is 2.69. The normalized spacial score (nSPS) is 11.8. The van der Waals surface area contributed by atoms with Gasteiger partial charge in [-0.1, -0.05) is 0 Å². The number of carbonyl (C=O) groups excluding carboxylic acids is 1. The average Bonchev–Trinajstić information content (AvgIpc) is 2.65. The summed E-state index contributed by atoms with van der Waals surface area (Å²) in [4.78, 5) is 15.2. The number of carbonyl (C=O) groups is 1. The van der Waals surface area contributed by atoms with E-state index in [0.29, 0.717) is 0 Å². The number of ether oxygens (including phenoxy) is 1. The zero-order valence-corrected chi connectivity index (χ0v) is 10.6. The maximum absolute atomic E-state index is 12.9. The smallest absolute Gasteiger partial charge is 0.419 e. The molecule has 0 radical (unpaired) electrons. The fourth-order valence-electron chi connectivity index (χ4n) is 1.83. The first-order valence-electron chi connectivity index (χ1n) is 5.82. The van der Waals surface area contributed by atoms with Gasteiger partial charge in [0, 0.05) is 6.20 Å². The fraction of sp³-hybridized carbons (Fsp3) is 0.333. The molecule has 2 rings (SSSR count). The number of aromatic nitrogens is 2. The van der Waals surface area contributed by atoms with Crippen LogP contribution in [0.25, 0.3) is 5.65 Å². The minimum atomic E-state index is -4.54. The van der Waals surface area contributed by atoms with E-state index in [1.54, 1.807) is 6.92 Å². The van der Waals surface area contributed by atoms with Gasteiger partial charge in [-0.25, -0.2) is 4.98 Å². The Labute approximate surface area is 112 Å². The van der Waals surface area contributed by atoms with Crippen LogP contribution in [0, 0.1) is 0 Å². The zero-order valence-electron chi connectivity index (χ0n) is 10.6. The summed E-state index contributed by atoms with van der Waals surface area (Å²) < 4.78 is 44.4. The van der Waals surface area contributed by atoms with Crippen LogP contribution in [0.5, 0.6) is 0 Å². The quantitative estimate of drug-likeness (QED) is 0.877. The van der Waals surface area contributed by atoms with Crippen molar-refractivity contribution < 1.29 is 22.7 Å². The monoisotopic (exact) mass is 287 g/mol. The SMILES string of the molecule is CCOC(=O)Cc1nc2c(C(F)(F)F)cccn2c1N. The number of halogens is 3. The molecule has 108 valence electrons. The Bertz CT molecular complexity index is 649. The predicted octanol–water partition coefficient (Wildman–Crippen LogP) is 2.04. The second-order valence-corrected chi connectivity index (χ2v) is 4.04. The number of nitrogens with two attached hydrogens (primary N) is 1. The molecule has 2 heterocycles. The Morgan fingerprint density at radius 2 is 2.20 bits per heavy atom. The summed E-state index contributed by atoms with van der Waals surface area (Å²) in [6.45, 7) is 1.81. The molecule has 2 N–H and O–H groups in total. The van der Waals surface area contributed by atoms with Crippen molar-refractivity contribution in [3.63, 3.8) is 0 Å². The van der Waals surface area contributed by atoms with Crippen molar-refractivity contribution in [3.05, 3.63) is 29.6 Å². The molecule has 0 aliphatic rings. The van der Waals surface area contributed by atoms with E-state index < -0.39 is 17.7 Å². The molecular weight excluding hydrogens is 275 g/mol. The molecule has 0 amide bonds. The molecule has 0 saturated carbocycles. The fourth-order valence-corrected chi connectivity index (χ4v) is 1.83. The highest BCUT2D eigenvalue weighted by Crippen LogP contribution is 2.33. The molecule has 0 aliphatic heterocycles. The van der Waals surface area contributed by atoms with Crippen molar-refractivity contribution in [2.45, 2.75) is 19.5 Å². The molecule has 0 spiro atoms. The third kappa shape index (κ3) is 2.54. The molecule has 0 fully saturated rings. The van der Waals surface area contributed by atoms with E-state index in [0.717, 1.165) is 10.5 Å². The predicted molar refractivity (Wildman–Crippen MR) is 64.9 cm³/mol. The van der Waals surface area contributed by atoms with Gasteiger partial charge >= 0.3 is 12.1 Å².